The second-order valence-corrected chi connectivity index (χ2v) is 13.8. The van der Waals surface area contributed by atoms with Crippen molar-refractivity contribution in [3.63, 3.8) is 0 Å². The summed E-state index contributed by atoms with van der Waals surface area (Å²) in [7, 11) is 1.74. The number of likely N-dealkylation sites (N-methyl/N-ethyl adjacent to an activating group) is 1. The summed E-state index contributed by atoms with van der Waals surface area (Å²) in [4.78, 5) is 17.6. The van der Waals surface area contributed by atoms with Crippen LogP contribution in [0.15, 0.2) is 39.9 Å². The Labute approximate surface area is 237 Å². The van der Waals surface area contributed by atoms with Crippen LogP contribution >= 0.6 is 11.3 Å². The van der Waals surface area contributed by atoms with Crippen molar-refractivity contribution in [3.8, 4) is 5.75 Å². The molecule has 11 heteroatoms. The van der Waals surface area contributed by atoms with Crippen LogP contribution in [0.5, 0.6) is 5.75 Å². The van der Waals surface area contributed by atoms with Gasteiger partial charge >= 0.3 is 0 Å². The molecule has 1 aromatic carbocycles. The van der Waals surface area contributed by atoms with Crippen molar-refractivity contribution in [1.82, 2.24) is 9.21 Å². The van der Waals surface area contributed by atoms with Gasteiger partial charge in [-0.15, -0.1) is 11.3 Å². The summed E-state index contributed by atoms with van der Waals surface area (Å²) >= 11 is 1.18. The summed E-state index contributed by atoms with van der Waals surface area (Å²) in [6, 6.07) is 8.45. The molecule has 218 valence electrons. The smallest absolute Gasteiger partial charge is 0.258 e. The van der Waals surface area contributed by atoms with E-state index in [0.29, 0.717) is 17.9 Å². The molecular formula is C28H43N3O6S2. The van der Waals surface area contributed by atoms with Gasteiger partial charge in [-0.25, -0.2) is 8.42 Å². The van der Waals surface area contributed by atoms with Crippen LogP contribution in [0.3, 0.4) is 0 Å². The second kappa shape index (κ2) is 13.9. The standard InChI is InChI=1S/C28H43N3O6S2/c1-20-17-31(21(2)19-32)28(33)24-16-23(29(4)5)12-13-25(24)37-22(3)10-7-8-14-36-26(20)18-30(6)39(34,35)27-11-9-15-38-27/h9,11-13,15-16,20-22,26,32H,7-8,10,14,17-19H2,1-6H3/t20-,21+,22+,26+/m1/s1. The number of carbonyl (C=O) groups is 1. The molecule has 0 spiro atoms. The Bertz CT molecular complexity index is 1170. The minimum absolute atomic E-state index is 0.106. The third-order valence-corrected chi connectivity index (χ3v) is 10.3. The van der Waals surface area contributed by atoms with Gasteiger partial charge in [0.05, 0.1) is 30.4 Å². The lowest BCUT2D eigenvalue weighted by atomic mass is 10.0. The highest BCUT2D eigenvalue weighted by atomic mass is 32.2. The molecule has 1 aliphatic heterocycles. The van der Waals surface area contributed by atoms with Crippen LogP contribution in [0.2, 0.25) is 0 Å². The lowest BCUT2D eigenvalue weighted by molar-refractivity contribution is -0.00832. The van der Waals surface area contributed by atoms with Crippen molar-refractivity contribution >= 4 is 33.0 Å². The molecule has 1 amide bonds. The topological polar surface area (TPSA) is 99.6 Å². The zero-order chi connectivity index (χ0) is 28.7. The first-order valence-electron chi connectivity index (χ1n) is 13.5. The summed E-state index contributed by atoms with van der Waals surface area (Å²) < 4.78 is 40.4. The van der Waals surface area contributed by atoms with E-state index in [9.17, 15) is 18.3 Å². The molecular weight excluding hydrogens is 538 g/mol. The van der Waals surface area contributed by atoms with E-state index in [1.54, 1.807) is 36.4 Å². The van der Waals surface area contributed by atoms with Gasteiger partial charge in [-0.1, -0.05) is 13.0 Å². The van der Waals surface area contributed by atoms with Crippen LogP contribution in [-0.4, -0.2) is 94.3 Å². The van der Waals surface area contributed by atoms with Gasteiger partial charge in [0.25, 0.3) is 15.9 Å². The Hall–Kier alpha value is -2.18. The molecule has 0 unspecified atom stereocenters. The van der Waals surface area contributed by atoms with E-state index in [-0.39, 0.29) is 41.8 Å². The van der Waals surface area contributed by atoms with Gasteiger partial charge < -0.3 is 24.4 Å². The van der Waals surface area contributed by atoms with Crippen LogP contribution in [0.4, 0.5) is 5.69 Å². The van der Waals surface area contributed by atoms with Crippen molar-refractivity contribution in [1.29, 1.82) is 0 Å². The first-order chi connectivity index (χ1) is 18.4. The fourth-order valence-corrected chi connectivity index (χ4v) is 6.95. The first-order valence-corrected chi connectivity index (χ1v) is 15.8. The summed E-state index contributed by atoms with van der Waals surface area (Å²) in [5.41, 5.74) is 1.30. The van der Waals surface area contributed by atoms with Crippen molar-refractivity contribution in [2.75, 3.05) is 52.3 Å². The zero-order valence-electron chi connectivity index (χ0n) is 23.9. The van der Waals surface area contributed by atoms with Crippen molar-refractivity contribution in [3.05, 3.63) is 41.3 Å². The average molecular weight is 582 g/mol. The van der Waals surface area contributed by atoms with Crippen molar-refractivity contribution in [2.24, 2.45) is 5.92 Å². The van der Waals surface area contributed by atoms with Crippen LogP contribution in [-0.2, 0) is 14.8 Å². The molecule has 2 aromatic rings. The van der Waals surface area contributed by atoms with Gasteiger partial charge in [-0.2, -0.15) is 4.31 Å². The number of fused-ring (bicyclic) bond motifs is 1. The molecule has 3 rings (SSSR count). The Balaban J connectivity index is 1.96. The molecule has 0 radical (unpaired) electrons. The largest absolute Gasteiger partial charge is 0.490 e. The number of hydrogen-bond donors (Lipinski definition) is 1. The number of aliphatic hydroxyl groups is 1. The summed E-state index contributed by atoms with van der Waals surface area (Å²) in [5.74, 6) is 0.0596. The minimum Gasteiger partial charge on any atom is -0.490 e. The quantitative estimate of drug-likeness (QED) is 0.529. The predicted molar refractivity (Wildman–Crippen MR) is 155 cm³/mol. The maximum absolute atomic E-state index is 14.0. The maximum Gasteiger partial charge on any atom is 0.258 e. The second-order valence-electron chi connectivity index (χ2n) is 10.6. The van der Waals surface area contributed by atoms with E-state index >= 15 is 0 Å². The summed E-state index contributed by atoms with van der Waals surface area (Å²) in [6.07, 6.45) is 1.91. The average Bonchev–Trinajstić information content (AvgIpc) is 3.45. The van der Waals surface area contributed by atoms with E-state index in [4.69, 9.17) is 9.47 Å². The van der Waals surface area contributed by atoms with E-state index in [2.05, 4.69) is 0 Å². The molecule has 0 saturated carbocycles. The molecule has 39 heavy (non-hydrogen) atoms. The summed E-state index contributed by atoms with van der Waals surface area (Å²) in [5, 5.41) is 11.8. The number of ether oxygens (including phenoxy) is 2. The van der Waals surface area contributed by atoms with Crippen molar-refractivity contribution < 1.29 is 27.8 Å². The fraction of sp³-hybridized carbons (Fsp3) is 0.607. The summed E-state index contributed by atoms with van der Waals surface area (Å²) in [6.45, 7) is 6.44. The first kappa shape index (κ1) is 31.3. The molecule has 0 bridgehead atoms. The number of carbonyl (C=O) groups excluding carboxylic acids is 1. The Morgan fingerprint density at radius 1 is 1.18 bits per heavy atom. The number of anilines is 1. The van der Waals surface area contributed by atoms with Crippen LogP contribution in [0.25, 0.3) is 0 Å². The highest BCUT2D eigenvalue weighted by Gasteiger charge is 2.32. The van der Waals surface area contributed by atoms with Crippen molar-refractivity contribution in [2.45, 2.75) is 62.5 Å². The molecule has 1 aliphatic rings. The van der Waals surface area contributed by atoms with Gasteiger partial charge in [-0.3, -0.25) is 4.79 Å². The minimum atomic E-state index is -3.65. The Morgan fingerprint density at radius 2 is 1.92 bits per heavy atom. The van der Waals surface area contributed by atoms with Crippen LogP contribution < -0.4 is 9.64 Å². The number of sulfonamides is 1. The third-order valence-electron chi connectivity index (χ3n) is 7.15. The molecule has 1 N–H and O–H groups in total. The highest BCUT2D eigenvalue weighted by molar-refractivity contribution is 7.91. The SMILES string of the molecule is C[C@@H]1CN([C@@H](C)CO)C(=O)c2cc(N(C)C)ccc2O[C@@H](C)CCCCO[C@H]1CN(C)S(=O)(=O)c1cccs1. The molecule has 1 aromatic heterocycles. The highest BCUT2D eigenvalue weighted by Crippen LogP contribution is 2.29. The lowest BCUT2D eigenvalue weighted by Crippen LogP contribution is -2.48. The van der Waals surface area contributed by atoms with E-state index in [1.165, 1.54) is 15.6 Å². The van der Waals surface area contributed by atoms with Gasteiger partial charge in [-0.05, 0) is 62.8 Å². The molecule has 9 nitrogen and oxygen atoms in total. The molecule has 0 saturated heterocycles. The zero-order valence-corrected chi connectivity index (χ0v) is 25.5. The predicted octanol–water partition coefficient (Wildman–Crippen LogP) is 3.93. The number of nitrogens with zero attached hydrogens (tertiary/aromatic N) is 3. The number of aliphatic hydroxyl groups excluding tert-OH is 1. The van der Waals surface area contributed by atoms with Gasteiger partial charge in [0.15, 0.2) is 0 Å². The van der Waals surface area contributed by atoms with Crippen LogP contribution in [0, 0.1) is 5.92 Å². The maximum atomic E-state index is 14.0. The molecule has 2 heterocycles. The Morgan fingerprint density at radius 3 is 2.56 bits per heavy atom. The molecule has 4 atom stereocenters. The number of amides is 1. The number of thiophene rings is 1. The van der Waals surface area contributed by atoms with E-state index in [0.717, 1.165) is 24.9 Å². The van der Waals surface area contributed by atoms with Gasteiger partial charge in [0, 0.05) is 52.4 Å². The van der Waals surface area contributed by atoms with Gasteiger partial charge in [0.1, 0.15) is 9.96 Å². The monoisotopic (exact) mass is 581 g/mol. The van der Waals surface area contributed by atoms with Crippen LogP contribution in [0.1, 0.15) is 50.4 Å². The third kappa shape index (κ3) is 7.94. The van der Waals surface area contributed by atoms with E-state index < -0.39 is 22.2 Å². The lowest BCUT2D eigenvalue weighted by Gasteiger charge is -2.35. The number of hydrogen-bond acceptors (Lipinski definition) is 8. The Kier molecular flexibility index (Phi) is 11.2. The molecule has 0 fully saturated rings. The molecule has 0 aliphatic carbocycles. The normalized spacial score (nSPS) is 22.6. The number of rotatable bonds is 7. The number of benzene rings is 1. The fourth-order valence-electron chi connectivity index (χ4n) is 4.57. The van der Waals surface area contributed by atoms with E-state index in [1.807, 2.05) is 51.0 Å². The van der Waals surface area contributed by atoms with Gasteiger partial charge in [0.2, 0.25) is 0 Å².